The first-order valence-corrected chi connectivity index (χ1v) is 31.0. The molecule has 404 valence electrons. The third kappa shape index (κ3) is 53.9. The molecule has 0 bridgehead atoms. The summed E-state index contributed by atoms with van der Waals surface area (Å²) in [5, 5.41) is 23.2. The van der Waals surface area contributed by atoms with Crippen LogP contribution in [0, 0.1) is 0 Å². The molecule has 0 aliphatic carbocycles. The van der Waals surface area contributed by atoms with E-state index in [4.69, 9.17) is 4.74 Å². The van der Waals surface area contributed by atoms with Crippen LogP contribution >= 0.6 is 0 Å². The Bertz CT molecular complexity index is 1020. The van der Waals surface area contributed by atoms with E-state index in [1.807, 2.05) is 6.08 Å². The van der Waals surface area contributed by atoms with Crippen LogP contribution in [0.5, 0.6) is 0 Å². The highest BCUT2D eigenvalue weighted by Crippen LogP contribution is 2.18. The zero-order valence-electron chi connectivity index (χ0n) is 46.1. The van der Waals surface area contributed by atoms with Gasteiger partial charge in [-0.15, -0.1) is 0 Å². The number of ether oxygens (including phenoxy) is 1. The summed E-state index contributed by atoms with van der Waals surface area (Å²) in [6.07, 6.45) is 69.6. The topological polar surface area (TPSA) is 95.9 Å². The van der Waals surface area contributed by atoms with Crippen LogP contribution < -0.4 is 5.32 Å². The fourth-order valence-corrected chi connectivity index (χ4v) is 9.81. The van der Waals surface area contributed by atoms with Crippen LogP contribution in [0.3, 0.4) is 0 Å². The van der Waals surface area contributed by atoms with E-state index >= 15 is 0 Å². The summed E-state index contributed by atoms with van der Waals surface area (Å²) in [5.41, 5.74) is 0. The Morgan fingerprint density at radius 2 is 0.676 bits per heavy atom. The van der Waals surface area contributed by atoms with E-state index in [-0.39, 0.29) is 18.5 Å². The molecule has 0 aromatic carbocycles. The first-order valence-electron chi connectivity index (χ1n) is 31.0. The van der Waals surface area contributed by atoms with Gasteiger partial charge in [-0.1, -0.05) is 315 Å². The van der Waals surface area contributed by atoms with Crippen LogP contribution in [-0.4, -0.2) is 47.4 Å². The molecule has 0 heterocycles. The quantitative estimate of drug-likeness (QED) is 0.0321. The summed E-state index contributed by atoms with van der Waals surface area (Å²) in [7, 11) is 0. The second-order valence-electron chi connectivity index (χ2n) is 21.4. The van der Waals surface area contributed by atoms with Crippen molar-refractivity contribution >= 4 is 11.9 Å². The van der Waals surface area contributed by atoms with Gasteiger partial charge in [0.2, 0.25) is 5.91 Å². The van der Waals surface area contributed by atoms with Crippen molar-refractivity contribution in [1.29, 1.82) is 0 Å². The Morgan fingerprint density at radius 1 is 0.397 bits per heavy atom. The number of nitrogens with one attached hydrogen (secondary N) is 1. The van der Waals surface area contributed by atoms with E-state index in [2.05, 4.69) is 19.2 Å². The number of aliphatic hydroxyl groups excluding tert-OH is 2. The van der Waals surface area contributed by atoms with E-state index in [1.54, 1.807) is 6.08 Å². The molecule has 0 saturated heterocycles. The van der Waals surface area contributed by atoms with Crippen LogP contribution in [0.15, 0.2) is 12.2 Å². The van der Waals surface area contributed by atoms with Crippen LogP contribution in [0.25, 0.3) is 0 Å². The van der Waals surface area contributed by atoms with E-state index < -0.39 is 12.1 Å². The van der Waals surface area contributed by atoms with Crippen molar-refractivity contribution in [3.8, 4) is 0 Å². The molecule has 0 aliphatic rings. The molecule has 68 heavy (non-hydrogen) atoms. The minimum absolute atomic E-state index is 0.0160. The van der Waals surface area contributed by atoms with Gasteiger partial charge in [0.15, 0.2) is 0 Å². The van der Waals surface area contributed by atoms with Gasteiger partial charge in [-0.25, -0.2) is 0 Å². The Hall–Kier alpha value is -1.40. The molecule has 0 aliphatic heterocycles. The van der Waals surface area contributed by atoms with Gasteiger partial charge < -0.3 is 20.3 Å². The molecule has 1 amide bonds. The van der Waals surface area contributed by atoms with Crippen molar-refractivity contribution in [2.24, 2.45) is 0 Å². The Morgan fingerprint density at radius 3 is 1.00 bits per heavy atom. The van der Waals surface area contributed by atoms with Crippen molar-refractivity contribution in [2.75, 3.05) is 13.2 Å². The average molecular weight is 961 g/mol. The zero-order valence-corrected chi connectivity index (χ0v) is 46.1. The molecule has 0 spiro atoms. The van der Waals surface area contributed by atoms with E-state index in [0.29, 0.717) is 19.4 Å². The number of esters is 1. The van der Waals surface area contributed by atoms with Crippen molar-refractivity contribution < 1.29 is 24.5 Å². The summed E-state index contributed by atoms with van der Waals surface area (Å²) in [6, 6.07) is -0.645. The van der Waals surface area contributed by atoms with Gasteiger partial charge in [0, 0.05) is 12.8 Å². The van der Waals surface area contributed by atoms with E-state index in [9.17, 15) is 19.8 Å². The van der Waals surface area contributed by atoms with Crippen molar-refractivity contribution in [2.45, 2.75) is 360 Å². The Kier molecular flexibility index (Phi) is 57.0. The number of hydrogen-bond donors (Lipinski definition) is 3. The maximum Gasteiger partial charge on any atom is 0.305 e. The molecule has 0 aromatic heterocycles. The Balaban J connectivity index is 3.47. The number of carbonyl (C=O) groups is 2. The molecule has 2 atom stereocenters. The maximum atomic E-state index is 12.5. The minimum Gasteiger partial charge on any atom is -0.466 e. The number of allylic oxidation sites excluding steroid dienone is 1. The predicted molar refractivity (Wildman–Crippen MR) is 297 cm³/mol. The van der Waals surface area contributed by atoms with Crippen molar-refractivity contribution in [1.82, 2.24) is 5.32 Å². The Labute approximate surface area is 425 Å². The first-order chi connectivity index (χ1) is 33.5. The van der Waals surface area contributed by atoms with Gasteiger partial charge in [-0.2, -0.15) is 0 Å². The van der Waals surface area contributed by atoms with Crippen LogP contribution in [0.2, 0.25) is 0 Å². The molecule has 6 nitrogen and oxygen atoms in total. The second kappa shape index (κ2) is 58.2. The maximum absolute atomic E-state index is 12.5. The first kappa shape index (κ1) is 66.6. The average Bonchev–Trinajstić information content (AvgIpc) is 3.34. The molecule has 2 unspecified atom stereocenters. The lowest BCUT2D eigenvalue weighted by Gasteiger charge is -2.20. The van der Waals surface area contributed by atoms with E-state index in [0.717, 1.165) is 57.8 Å². The van der Waals surface area contributed by atoms with Gasteiger partial charge in [-0.05, 0) is 32.1 Å². The highest BCUT2D eigenvalue weighted by Gasteiger charge is 2.18. The monoisotopic (exact) mass is 960 g/mol. The molecule has 0 rings (SSSR count). The summed E-state index contributed by atoms with van der Waals surface area (Å²) in [6.45, 7) is 4.89. The molecule has 6 heteroatoms. The summed E-state index contributed by atoms with van der Waals surface area (Å²) in [5.74, 6) is -0.102. The zero-order chi connectivity index (χ0) is 49.3. The van der Waals surface area contributed by atoms with Crippen LogP contribution in [-0.2, 0) is 14.3 Å². The summed E-state index contributed by atoms with van der Waals surface area (Å²) < 4.78 is 5.47. The number of hydrogen-bond acceptors (Lipinski definition) is 5. The lowest BCUT2D eigenvalue weighted by Crippen LogP contribution is -2.45. The number of unbranched alkanes of at least 4 members (excludes halogenated alkanes) is 47. The smallest absolute Gasteiger partial charge is 0.305 e. The fourth-order valence-electron chi connectivity index (χ4n) is 9.81. The number of rotatable bonds is 58. The van der Waals surface area contributed by atoms with Crippen LogP contribution in [0.4, 0.5) is 0 Å². The van der Waals surface area contributed by atoms with Gasteiger partial charge in [0.1, 0.15) is 0 Å². The van der Waals surface area contributed by atoms with E-state index in [1.165, 1.54) is 263 Å². The number of carbonyl (C=O) groups excluding carboxylic acids is 2. The lowest BCUT2D eigenvalue weighted by molar-refractivity contribution is -0.143. The van der Waals surface area contributed by atoms with Gasteiger partial charge in [0.05, 0.1) is 25.4 Å². The molecule has 0 saturated carbocycles. The molecular weight excluding hydrogens is 839 g/mol. The lowest BCUT2D eigenvalue weighted by atomic mass is 10.0. The van der Waals surface area contributed by atoms with Crippen molar-refractivity contribution in [3.63, 3.8) is 0 Å². The standard InChI is InChI=1S/C62H121NO5/c1-3-5-7-9-11-13-15-17-19-21-22-23-24-25-26-27-28-29-30-32-34-38-42-46-50-54-60(65)59(58-64)63-61(66)55-51-47-43-39-36-37-41-45-49-53-57-68-62(67)56-52-48-44-40-35-33-31-20-18-16-14-12-10-8-6-4-2/h50,54,59-60,64-65H,3-49,51-53,55-58H2,1-2H3,(H,63,66)/b54-50+. The molecule has 3 N–H and O–H groups in total. The van der Waals surface area contributed by atoms with Crippen LogP contribution in [0.1, 0.15) is 348 Å². The predicted octanol–water partition coefficient (Wildman–Crippen LogP) is 19.2. The van der Waals surface area contributed by atoms with Gasteiger partial charge in [0.25, 0.3) is 0 Å². The van der Waals surface area contributed by atoms with Gasteiger partial charge >= 0.3 is 5.97 Å². The third-order valence-corrected chi connectivity index (χ3v) is 14.6. The molecule has 0 fully saturated rings. The molecular formula is C62H121NO5. The highest BCUT2D eigenvalue weighted by molar-refractivity contribution is 5.76. The largest absolute Gasteiger partial charge is 0.466 e. The summed E-state index contributed by atoms with van der Waals surface area (Å²) in [4.78, 5) is 24.6. The highest BCUT2D eigenvalue weighted by atomic mass is 16.5. The fraction of sp³-hybridized carbons (Fsp3) is 0.935. The number of aliphatic hydroxyl groups is 2. The molecule has 0 radical (unpaired) electrons. The SMILES string of the molecule is CCCCCCCCCCCCCCCCCCCCCCCCC/C=C/C(O)C(CO)NC(=O)CCCCCCCCCCCCOC(=O)CCCCCCCCCCCCCCCCCC. The molecule has 0 aromatic rings. The van der Waals surface area contributed by atoms with Gasteiger partial charge in [-0.3, -0.25) is 9.59 Å². The summed E-state index contributed by atoms with van der Waals surface area (Å²) >= 11 is 0. The van der Waals surface area contributed by atoms with Crippen molar-refractivity contribution in [3.05, 3.63) is 12.2 Å². The second-order valence-corrected chi connectivity index (χ2v) is 21.4. The number of amides is 1. The normalized spacial score (nSPS) is 12.6. The third-order valence-electron chi connectivity index (χ3n) is 14.6. The minimum atomic E-state index is -0.859.